The quantitative estimate of drug-likeness (QED) is 0.167. The van der Waals surface area contributed by atoms with E-state index in [9.17, 15) is 27.9 Å². The van der Waals surface area contributed by atoms with Crippen LogP contribution in [-0.2, 0) is 22.1 Å². The number of nitrogens with zero attached hydrogens (tertiary/aromatic N) is 2. The highest BCUT2D eigenvalue weighted by Gasteiger charge is 2.46. The van der Waals surface area contributed by atoms with Crippen LogP contribution in [0.4, 0.5) is 22.0 Å². The number of halogens is 5. The second-order valence-corrected chi connectivity index (χ2v) is 13.2. The van der Waals surface area contributed by atoms with Crippen molar-refractivity contribution in [3.8, 4) is 22.6 Å². The molecule has 1 amide bonds. The molecule has 1 saturated heterocycles. The summed E-state index contributed by atoms with van der Waals surface area (Å²) in [7, 11) is 3.53. The van der Waals surface area contributed by atoms with E-state index in [1.165, 1.54) is 18.2 Å². The van der Waals surface area contributed by atoms with Gasteiger partial charge in [0.15, 0.2) is 5.79 Å². The van der Waals surface area contributed by atoms with E-state index in [1.807, 2.05) is 13.0 Å². The highest BCUT2D eigenvalue weighted by atomic mass is 19.4. The van der Waals surface area contributed by atoms with Crippen LogP contribution in [0, 0.1) is 25.5 Å². The number of nitrogens with one attached hydrogen (secondary N) is 1. The molecule has 264 valence electrons. The maximum Gasteiger partial charge on any atom is 0.416 e. The molecule has 0 spiro atoms. The number of carbonyl (C=O) groups excluding carboxylic acids is 1. The van der Waals surface area contributed by atoms with Crippen LogP contribution < -0.4 is 15.6 Å². The highest BCUT2D eigenvalue weighted by Crippen LogP contribution is 2.42. The van der Waals surface area contributed by atoms with E-state index in [0.29, 0.717) is 29.5 Å². The first-order chi connectivity index (χ1) is 23.5. The van der Waals surface area contributed by atoms with Gasteiger partial charge in [-0.05, 0) is 106 Å². The fourth-order valence-electron chi connectivity index (χ4n) is 6.48. The molecule has 2 N–H and O–H groups in total. The van der Waals surface area contributed by atoms with Crippen LogP contribution in [0.2, 0.25) is 0 Å². The molecule has 2 aliphatic heterocycles. The molecule has 3 aromatic carbocycles. The Morgan fingerprint density at radius 1 is 1.02 bits per heavy atom. The first-order valence-corrected chi connectivity index (χ1v) is 16.1. The Balaban J connectivity index is 1.60. The molecule has 3 unspecified atom stereocenters. The third-order valence-corrected chi connectivity index (χ3v) is 9.03. The van der Waals surface area contributed by atoms with E-state index in [1.54, 1.807) is 44.1 Å². The number of carbonyl (C=O) groups is 1. The number of rotatable bonds is 7. The molecule has 1 aromatic heterocycles. The number of amides is 1. The smallest absolute Gasteiger partial charge is 0.416 e. The van der Waals surface area contributed by atoms with Gasteiger partial charge in [0.25, 0.3) is 5.56 Å². The summed E-state index contributed by atoms with van der Waals surface area (Å²) >= 11 is 0. The number of pyridine rings is 1. The summed E-state index contributed by atoms with van der Waals surface area (Å²) in [5, 5.41) is 13.5. The molecule has 13 heteroatoms. The summed E-state index contributed by atoms with van der Waals surface area (Å²) in [5.74, 6) is -3.97. The van der Waals surface area contributed by atoms with Crippen molar-refractivity contribution < 1.29 is 41.3 Å². The van der Waals surface area contributed by atoms with Crippen molar-refractivity contribution in [3.05, 3.63) is 116 Å². The lowest BCUT2D eigenvalue weighted by molar-refractivity contribution is -0.138. The molecule has 50 heavy (non-hydrogen) atoms. The molecule has 3 atom stereocenters. The standard InChI is InChI=1S/C37H36F5N3O5/c1-20-7-5-9-30-32(20)23-13-21(2)33(39)26(14-23)29(17-36(48)19-49-36)43-35(47)34(25-15-24(50-30)10-11-28(25)38)45-18-22(8-6-12-44(3)4)27(16-31(45)46)37(40,41)42/h5,7,9-11,13-16,18,29,34,48H,6,8,12,17,19H2,1-4H3,(H,43,47). The largest absolute Gasteiger partial charge is 0.457 e. The summed E-state index contributed by atoms with van der Waals surface area (Å²) in [6.07, 6.45) is -4.07. The van der Waals surface area contributed by atoms with E-state index in [2.05, 4.69) is 5.32 Å². The molecule has 8 nitrogen and oxygen atoms in total. The van der Waals surface area contributed by atoms with Crippen LogP contribution in [0.1, 0.15) is 58.3 Å². The number of hydrogen-bond donors (Lipinski definition) is 2. The topological polar surface area (TPSA) is 96.3 Å². The lowest BCUT2D eigenvalue weighted by Gasteiger charge is -2.27. The normalized spacial score (nSPS) is 20.3. The lowest BCUT2D eigenvalue weighted by atomic mass is 9.91. The molecule has 0 aliphatic carbocycles. The van der Waals surface area contributed by atoms with Crippen LogP contribution in [0.3, 0.4) is 0 Å². The van der Waals surface area contributed by atoms with Crippen LogP contribution in [0.25, 0.3) is 11.1 Å². The van der Waals surface area contributed by atoms with Gasteiger partial charge in [0.05, 0.1) is 11.6 Å². The third-order valence-electron chi connectivity index (χ3n) is 9.03. The van der Waals surface area contributed by atoms with Crippen molar-refractivity contribution in [2.45, 2.75) is 57.2 Å². The Morgan fingerprint density at radius 2 is 1.76 bits per heavy atom. The maximum absolute atomic E-state index is 16.1. The molecule has 0 radical (unpaired) electrons. The van der Waals surface area contributed by atoms with Crippen LogP contribution >= 0.6 is 0 Å². The van der Waals surface area contributed by atoms with Crippen LogP contribution in [0.5, 0.6) is 11.5 Å². The Bertz CT molecular complexity index is 2020. The molecular weight excluding hydrogens is 661 g/mol. The van der Waals surface area contributed by atoms with Crippen molar-refractivity contribution in [2.24, 2.45) is 0 Å². The Hall–Kier alpha value is -4.59. The number of ether oxygens (including phenoxy) is 2. The van der Waals surface area contributed by atoms with E-state index in [-0.39, 0.29) is 53.9 Å². The van der Waals surface area contributed by atoms with Gasteiger partial charge in [-0.25, -0.2) is 8.78 Å². The zero-order valence-electron chi connectivity index (χ0n) is 27.8. The van der Waals surface area contributed by atoms with Crippen molar-refractivity contribution in [2.75, 3.05) is 27.2 Å². The minimum Gasteiger partial charge on any atom is -0.457 e. The average molecular weight is 698 g/mol. The average Bonchev–Trinajstić information content (AvgIpc) is 3.76. The number of aryl methyl sites for hydroxylation is 3. The van der Waals surface area contributed by atoms with Gasteiger partial charge in [0, 0.05) is 35.4 Å². The summed E-state index contributed by atoms with van der Waals surface area (Å²) in [4.78, 5) is 29.8. The molecule has 4 bridgehead atoms. The van der Waals surface area contributed by atoms with Gasteiger partial charge in [-0.2, -0.15) is 13.2 Å². The first-order valence-electron chi connectivity index (χ1n) is 16.1. The molecule has 6 rings (SSSR count). The highest BCUT2D eigenvalue weighted by molar-refractivity contribution is 5.85. The van der Waals surface area contributed by atoms with Gasteiger partial charge in [-0.15, -0.1) is 0 Å². The molecule has 4 aromatic rings. The van der Waals surface area contributed by atoms with Gasteiger partial charge >= 0.3 is 6.18 Å². The van der Waals surface area contributed by atoms with Gasteiger partial charge < -0.3 is 24.8 Å². The van der Waals surface area contributed by atoms with E-state index < -0.39 is 52.7 Å². The SMILES string of the molecule is Cc1cc2cc(c1F)C(CC1(O)CO1)NC(=O)C(n1cc(CCCN(C)C)c(C(F)(F)F)cc1=O)c1cc(ccc1F)Oc1cccc(C)c1-2. The summed E-state index contributed by atoms with van der Waals surface area (Å²) in [5.41, 5.74) is -0.938. The van der Waals surface area contributed by atoms with Gasteiger partial charge in [0.2, 0.25) is 5.91 Å². The Morgan fingerprint density at radius 3 is 2.44 bits per heavy atom. The third kappa shape index (κ3) is 7.16. The number of benzene rings is 3. The second kappa shape index (κ2) is 13.3. The number of epoxide rings is 1. The van der Waals surface area contributed by atoms with Gasteiger partial charge in [-0.3, -0.25) is 14.2 Å². The first kappa shape index (κ1) is 35.2. The predicted molar refractivity (Wildman–Crippen MR) is 175 cm³/mol. The maximum atomic E-state index is 16.1. The van der Waals surface area contributed by atoms with Gasteiger partial charge in [-0.1, -0.05) is 12.1 Å². The van der Waals surface area contributed by atoms with Crippen molar-refractivity contribution in [3.63, 3.8) is 0 Å². The van der Waals surface area contributed by atoms with Crippen molar-refractivity contribution >= 4 is 5.91 Å². The number of hydrogen-bond acceptors (Lipinski definition) is 6. The van der Waals surface area contributed by atoms with E-state index in [0.717, 1.165) is 22.4 Å². The lowest BCUT2D eigenvalue weighted by Crippen LogP contribution is -2.41. The summed E-state index contributed by atoms with van der Waals surface area (Å²) < 4.78 is 86.7. The Labute approximate surface area is 285 Å². The second-order valence-electron chi connectivity index (χ2n) is 13.2. The zero-order chi connectivity index (χ0) is 36.1. The van der Waals surface area contributed by atoms with Crippen LogP contribution in [0.15, 0.2) is 65.6 Å². The minimum atomic E-state index is -4.88. The van der Waals surface area contributed by atoms with Gasteiger partial charge in [0.1, 0.15) is 35.8 Å². The predicted octanol–water partition coefficient (Wildman–Crippen LogP) is 6.58. The van der Waals surface area contributed by atoms with E-state index in [4.69, 9.17) is 9.47 Å². The number of aromatic nitrogens is 1. The van der Waals surface area contributed by atoms with E-state index >= 15 is 8.78 Å². The summed E-state index contributed by atoms with van der Waals surface area (Å²) in [6.45, 7) is 3.72. The molecule has 2 aliphatic rings. The Kier molecular flexibility index (Phi) is 9.35. The number of fused-ring (bicyclic) bond motifs is 6. The van der Waals surface area contributed by atoms with Crippen LogP contribution in [-0.4, -0.2) is 53.5 Å². The fraction of sp³-hybridized carbons (Fsp3) is 0.351. The van der Waals surface area contributed by atoms with Crippen molar-refractivity contribution in [1.29, 1.82) is 0 Å². The molecule has 3 heterocycles. The number of alkyl halides is 3. The fourth-order valence-corrected chi connectivity index (χ4v) is 6.48. The number of aliphatic hydroxyl groups is 1. The molecule has 1 fully saturated rings. The summed E-state index contributed by atoms with van der Waals surface area (Å²) in [6, 6.07) is 9.21. The zero-order valence-corrected chi connectivity index (χ0v) is 27.8. The monoisotopic (exact) mass is 697 g/mol. The molecule has 0 saturated carbocycles. The molecular formula is C37H36F5N3O5. The van der Waals surface area contributed by atoms with Crippen molar-refractivity contribution in [1.82, 2.24) is 14.8 Å². The minimum absolute atomic E-state index is 0.0270.